The minimum atomic E-state index is 0.522. The van der Waals surface area contributed by atoms with Crippen molar-refractivity contribution in [2.24, 2.45) is 0 Å². The van der Waals surface area contributed by atoms with Gasteiger partial charge in [0.2, 0.25) is 0 Å². The van der Waals surface area contributed by atoms with Crippen LogP contribution in [0.5, 0.6) is 0 Å². The largest absolute Gasteiger partial charge is 0.314 e. The van der Waals surface area contributed by atoms with Crippen molar-refractivity contribution in [2.45, 2.75) is 6.54 Å². The smallest absolute Gasteiger partial charge is 0.0500 e. The van der Waals surface area contributed by atoms with Crippen molar-refractivity contribution in [3.8, 4) is 0 Å². The molecule has 1 aromatic rings. The molecule has 0 bridgehead atoms. The second-order valence-electron chi connectivity index (χ2n) is 2.18. The van der Waals surface area contributed by atoms with Crippen molar-refractivity contribution in [3.63, 3.8) is 0 Å². The average Bonchev–Trinajstić information content (AvgIpc) is 1.88. The zero-order valence-corrected chi connectivity index (χ0v) is 5.86. The maximum Gasteiger partial charge on any atom is 0.0500 e. The van der Waals surface area contributed by atoms with Gasteiger partial charge in [-0.3, -0.25) is 4.98 Å². The molecule has 0 atom stereocenters. The molecule has 3 nitrogen and oxygen atoms in total. The third-order valence-corrected chi connectivity index (χ3v) is 1.13. The van der Waals surface area contributed by atoms with E-state index in [0.29, 0.717) is 6.54 Å². The van der Waals surface area contributed by atoms with Gasteiger partial charge in [0.15, 0.2) is 0 Å². The molecule has 0 aliphatic heterocycles. The number of pyridine rings is 1. The molecule has 1 heterocycles. The van der Waals surface area contributed by atoms with Crippen LogP contribution in [0.25, 0.3) is 0 Å². The Kier molecular flexibility index (Phi) is 2.36. The maximum absolute atomic E-state index is 8.81. The number of rotatable bonds is 2. The summed E-state index contributed by atoms with van der Waals surface area (Å²) in [4.78, 5) is 3.90. The Morgan fingerprint density at radius 3 is 3.00 bits per heavy atom. The zero-order chi connectivity index (χ0) is 7.40. The molecule has 0 aliphatic carbocycles. The van der Waals surface area contributed by atoms with E-state index < -0.39 is 0 Å². The van der Waals surface area contributed by atoms with Gasteiger partial charge >= 0.3 is 0 Å². The van der Waals surface area contributed by atoms with Gasteiger partial charge < -0.3 is 5.21 Å². The van der Waals surface area contributed by atoms with Crippen LogP contribution < -0.4 is 0 Å². The van der Waals surface area contributed by atoms with Crippen molar-refractivity contribution < 1.29 is 5.21 Å². The molecule has 0 saturated carbocycles. The van der Waals surface area contributed by atoms with Gasteiger partial charge in [-0.15, -0.1) is 0 Å². The van der Waals surface area contributed by atoms with E-state index >= 15 is 0 Å². The summed E-state index contributed by atoms with van der Waals surface area (Å²) in [6, 6.07) is 3.76. The molecule has 0 spiro atoms. The normalized spacial score (nSPS) is 10.3. The van der Waals surface area contributed by atoms with Gasteiger partial charge in [0.05, 0.1) is 6.54 Å². The number of nitrogens with zero attached hydrogens (tertiary/aromatic N) is 2. The molecule has 54 valence electrons. The zero-order valence-electron chi connectivity index (χ0n) is 5.86. The van der Waals surface area contributed by atoms with E-state index in [4.69, 9.17) is 5.21 Å². The summed E-state index contributed by atoms with van der Waals surface area (Å²) in [5, 5.41) is 9.93. The van der Waals surface area contributed by atoms with Crippen LogP contribution in [0.4, 0.5) is 0 Å². The maximum atomic E-state index is 8.81. The van der Waals surface area contributed by atoms with Gasteiger partial charge in [0, 0.05) is 19.4 Å². The summed E-state index contributed by atoms with van der Waals surface area (Å²) in [6.45, 7) is 0.522. The third-order valence-electron chi connectivity index (χ3n) is 1.13. The first-order chi connectivity index (χ1) is 4.79. The number of aromatic nitrogens is 1. The van der Waals surface area contributed by atoms with E-state index in [9.17, 15) is 0 Å². The van der Waals surface area contributed by atoms with Gasteiger partial charge in [0.25, 0.3) is 0 Å². The molecule has 1 aromatic heterocycles. The highest BCUT2D eigenvalue weighted by atomic mass is 16.5. The molecule has 0 unspecified atom stereocenters. The van der Waals surface area contributed by atoms with E-state index in [1.165, 1.54) is 0 Å². The Morgan fingerprint density at radius 2 is 2.50 bits per heavy atom. The monoisotopic (exact) mass is 138 g/mol. The van der Waals surface area contributed by atoms with Crippen LogP contribution in [-0.2, 0) is 6.54 Å². The summed E-state index contributed by atoms with van der Waals surface area (Å²) in [7, 11) is 1.60. The number of hydrogen-bond donors (Lipinski definition) is 1. The molecule has 0 fully saturated rings. The molecule has 1 N–H and O–H groups in total. The van der Waals surface area contributed by atoms with Crippen molar-refractivity contribution in [2.75, 3.05) is 7.05 Å². The molecule has 0 aromatic carbocycles. The molecule has 3 heteroatoms. The van der Waals surface area contributed by atoms with E-state index in [2.05, 4.69) is 4.98 Å². The van der Waals surface area contributed by atoms with Crippen LogP contribution in [0.1, 0.15) is 5.56 Å². The van der Waals surface area contributed by atoms with Crippen molar-refractivity contribution in [1.82, 2.24) is 10.0 Å². The molecule has 0 radical (unpaired) electrons. The Labute approximate surface area is 59.9 Å². The molecule has 0 saturated heterocycles. The fraction of sp³-hybridized carbons (Fsp3) is 0.286. The summed E-state index contributed by atoms with van der Waals surface area (Å²) in [5.41, 5.74) is 1.01. The van der Waals surface area contributed by atoms with E-state index in [-0.39, 0.29) is 0 Å². The second-order valence-corrected chi connectivity index (χ2v) is 2.18. The van der Waals surface area contributed by atoms with Crippen LogP contribution in [0.2, 0.25) is 0 Å². The fourth-order valence-electron chi connectivity index (χ4n) is 0.756. The highest BCUT2D eigenvalue weighted by Gasteiger charge is 1.92. The van der Waals surface area contributed by atoms with Gasteiger partial charge in [0.1, 0.15) is 0 Å². The van der Waals surface area contributed by atoms with E-state index in [1.807, 2.05) is 12.1 Å². The summed E-state index contributed by atoms with van der Waals surface area (Å²) >= 11 is 0. The Morgan fingerprint density at radius 1 is 1.70 bits per heavy atom. The lowest BCUT2D eigenvalue weighted by Crippen LogP contribution is -2.11. The van der Waals surface area contributed by atoms with Gasteiger partial charge in [-0.25, -0.2) is 0 Å². The van der Waals surface area contributed by atoms with Gasteiger partial charge in [-0.2, -0.15) is 5.06 Å². The summed E-state index contributed by atoms with van der Waals surface area (Å²) in [6.07, 6.45) is 3.44. The van der Waals surface area contributed by atoms with Crippen LogP contribution >= 0.6 is 0 Å². The molecular weight excluding hydrogens is 128 g/mol. The lowest BCUT2D eigenvalue weighted by molar-refractivity contribution is -0.0732. The molecule has 0 amide bonds. The standard InChI is InChI=1S/C7H10N2O/c1-9(10)6-7-3-2-4-8-5-7/h2-5,10H,6H2,1H3. The topological polar surface area (TPSA) is 36.4 Å². The predicted molar refractivity (Wildman–Crippen MR) is 37.5 cm³/mol. The number of hydroxylamine groups is 2. The average molecular weight is 138 g/mol. The van der Waals surface area contributed by atoms with Crippen molar-refractivity contribution in [1.29, 1.82) is 0 Å². The summed E-state index contributed by atoms with van der Waals surface area (Å²) in [5.74, 6) is 0. The second kappa shape index (κ2) is 3.29. The minimum Gasteiger partial charge on any atom is -0.314 e. The first-order valence-electron chi connectivity index (χ1n) is 3.08. The number of hydrogen-bond acceptors (Lipinski definition) is 3. The Balaban J connectivity index is 2.59. The quantitative estimate of drug-likeness (QED) is 0.617. The lowest BCUT2D eigenvalue weighted by Gasteiger charge is -2.05. The van der Waals surface area contributed by atoms with E-state index in [0.717, 1.165) is 10.6 Å². The molecule has 0 aliphatic rings. The van der Waals surface area contributed by atoms with E-state index in [1.54, 1.807) is 19.4 Å². The Hall–Kier alpha value is -0.930. The molecule has 10 heavy (non-hydrogen) atoms. The molecular formula is C7H10N2O. The van der Waals surface area contributed by atoms with Gasteiger partial charge in [-0.1, -0.05) is 6.07 Å². The predicted octanol–water partition coefficient (Wildman–Crippen LogP) is 0.903. The van der Waals surface area contributed by atoms with Crippen LogP contribution in [0.3, 0.4) is 0 Å². The minimum absolute atomic E-state index is 0.522. The lowest BCUT2D eigenvalue weighted by atomic mass is 10.3. The first kappa shape index (κ1) is 7.18. The SMILES string of the molecule is CN(O)Cc1cccnc1. The van der Waals surface area contributed by atoms with Crippen LogP contribution in [0.15, 0.2) is 24.5 Å². The third kappa shape index (κ3) is 2.13. The molecule has 1 rings (SSSR count). The Bertz CT molecular complexity index is 186. The van der Waals surface area contributed by atoms with Crippen molar-refractivity contribution in [3.05, 3.63) is 30.1 Å². The highest BCUT2D eigenvalue weighted by molar-refractivity contribution is 5.07. The fourth-order valence-corrected chi connectivity index (χ4v) is 0.756. The van der Waals surface area contributed by atoms with Gasteiger partial charge in [-0.05, 0) is 11.6 Å². The van der Waals surface area contributed by atoms with Crippen LogP contribution in [0, 0.1) is 0 Å². The van der Waals surface area contributed by atoms with Crippen molar-refractivity contribution >= 4 is 0 Å². The summed E-state index contributed by atoms with van der Waals surface area (Å²) < 4.78 is 0. The van der Waals surface area contributed by atoms with Crippen LogP contribution in [-0.4, -0.2) is 22.3 Å². The highest BCUT2D eigenvalue weighted by Crippen LogP contribution is 1.97. The first-order valence-corrected chi connectivity index (χ1v) is 3.08.